The summed E-state index contributed by atoms with van der Waals surface area (Å²) in [6, 6.07) is 0.294. The fraction of sp³-hybridized carbons (Fsp3) is 0.706. The Morgan fingerprint density at radius 2 is 1.92 bits per heavy atom. The molecule has 0 aromatic carbocycles. The highest BCUT2D eigenvalue weighted by Crippen LogP contribution is 2.31. The highest BCUT2D eigenvalue weighted by atomic mass is 32.2. The van der Waals surface area contributed by atoms with Crippen molar-refractivity contribution < 1.29 is 0 Å². The van der Waals surface area contributed by atoms with E-state index in [1.807, 2.05) is 0 Å². The molecule has 0 aliphatic carbocycles. The first kappa shape index (κ1) is 18.3. The fourth-order valence-electron chi connectivity index (χ4n) is 3.24. The Bertz CT molecular complexity index is 707. The van der Waals surface area contributed by atoms with E-state index in [9.17, 15) is 0 Å². The number of hydrogen-bond acceptors (Lipinski definition) is 7. The number of nitrogens with zero attached hydrogens (tertiary/aromatic N) is 6. The first-order valence-electron chi connectivity index (χ1n) is 9.19. The molecule has 3 heterocycles. The van der Waals surface area contributed by atoms with Gasteiger partial charge in [0.05, 0.1) is 11.4 Å². The molecule has 2 aromatic rings. The molecule has 0 amide bonds. The van der Waals surface area contributed by atoms with Crippen LogP contribution in [-0.2, 0) is 12.8 Å². The summed E-state index contributed by atoms with van der Waals surface area (Å²) < 4.78 is 2.23. The number of aromatic nitrogens is 6. The van der Waals surface area contributed by atoms with E-state index in [0.29, 0.717) is 17.1 Å². The number of hydrogen-bond donors (Lipinski definition) is 1. The van der Waals surface area contributed by atoms with Gasteiger partial charge in [0.2, 0.25) is 5.16 Å². The van der Waals surface area contributed by atoms with Gasteiger partial charge in [0.25, 0.3) is 0 Å². The second-order valence-corrected chi connectivity index (χ2v) is 7.58. The van der Waals surface area contributed by atoms with Crippen molar-refractivity contribution in [2.75, 3.05) is 13.1 Å². The molecule has 1 unspecified atom stereocenters. The lowest BCUT2D eigenvalue weighted by Gasteiger charge is -2.24. The Hall–Kier alpha value is -1.54. The van der Waals surface area contributed by atoms with E-state index in [-0.39, 0.29) is 0 Å². The van der Waals surface area contributed by atoms with Crippen LogP contribution in [0.1, 0.15) is 69.7 Å². The van der Waals surface area contributed by atoms with Crippen molar-refractivity contribution in [2.45, 2.75) is 75.7 Å². The molecular formula is C17H27N7S. The van der Waals surface area contributed by atoms with Crippen LogP contribution in [-0.4, -0.2) is 43.0 Å². The van der Waals surface area contributed by atoms with Crippen LogP contribution in [0.5, 0.6) is 0 Å². The van der Waals surface area contributed by atoms with Gasteiger partial charge < -0.3 is 9.88 Å². The van der Waals surface area contributed by atoms with Crippen molar-refractivity contribution in [1.82, 2.24) is 35.3 Å². The summed E-state index contributed by atoms with van der Waals surface area (Å²) in [6.07, 6.45) is 4.06. The zero-order valence-electron chi connectivity index (χ0n) is 15.5. The molecule has 1 saturated heterocycles. The van der Waals surface area contributed by atoms with Gasteiger partial charge in [0.1, 0.15) is 5.82 Å². The van der Waals surface area contributed by atoms with E-state index < -0.39 is 0 Å². The van der Waals surface area contributed by atoms with Crippen LogP contribution in [0, 0.1) is 0 Å². The van der Waals surface area contributed by atoms with E-state index in [1.54, 1.807) is 0 Å². The van der Waals surface area contributed by atoms with Gasteiger partial charge in [-0.1, -0.05) is 13.8 Å². The summed E-state index contributed by atoms with van der Waals surface area (Å²) >= 11 is 1.46. The Morgan fingerprint density at radius 3 is 2.56 bits per heavy atom. The van der Waals surface area contributed by atoms with Gasteiger partial charge in [-0.05, 0) is 57.8 Å². The van der Waals surface area contributed by atoms with Crippen LogP contribution in [0.3, 0.4) is 0 Å². The predicted molar refractivity (Wildman–Crippen MR) is 98.0 cm³/mol. The van der Waals surface area contributed by atoms with Gasteiger partial charge in [0, 0.05) is 18.5 Å². The molecule has 25 heavy (non-hydrogen) atoms. The molecule has 7 nitrogen and oxygen atoms in total. The minimum Gasteiger partial charge on any atom is -0.316 e. The summed E-state index contributed by atoms with van der Waals surface area (Å²) in [5.74, 6) is 1.49. The standard InChI is InChI=1S/C17H27N7S/c1-5-13-14(6-2)20-22-16(19-13)25-17-23-21-15(24(17)11(3)4)12-8-7-9-18-10-12/h11-12,18H,5-10H2,1-4H3. The van der Waals surface area contributed by atoms with E-state index >= 15 is 0 Å². The molecule has 0 radical (unpaired) electrons. The third-order valence-electron chi connectivity index (χ3n) is 4.54. The molecule has 1 aliphatic heterocycles. The van der Waals surface area contributed by atoms with E-state index in [2.05, 4.69) is 63.0 Å². The highest BCUT2D eigenvalue weighted by Gasteiger charge is 2.25. The second kappa shape index (κ2) is 8.23. The average Bonchev–Trinajstić information content (AvgIpc) is 3.06. The van der Waals surface area contributed by atoms with Crippen molar-refractivity contribution >= 4 is 11.8 Å². The van der Waals surface area contributed by atoms with Crippen molar-refractivity contribution in [1.29, 1.82) is 0 Å². The third kappa shape index (κ3) is 4.00. The molecule has 1 N–H and O–H groups in total. The van der Waals surface area contributed by atoms with Gasteiger partial charge in [-0.3, -0.25) is 0 Å². The lowest BCUT2D eigenvalue weighted by Crippen LogP contribution is -2.30. The zero-order chi connectivity index (χ0) is 17.8. The fourth-order valence-corrected chi connectivity index (χ4v) is 4.12. The van der Waals surface area contributed by atoms with Crippen molar-refractivity contribution in [3.05, 3.63) is 17.2 Å². The van der Waals surface area contributed by atoms with E-state index in [4.69, 9.17) is 0 Å². The molecule has 1 fully saturated rings. The lowest BCUT2D eigenvalue weighted by atomic mass is 9.98. The van der Waals surface area contributed by atoms with Crippen LogP contribution in [0.2, 0.25) is 0 Å². The number of aryl methyl sites for hydroxylation is 2. The van der Waals surface area contributed by atoms with Gasteiger partial charge in [0.15, 0.2) is 5.16 Å². The zero-order valence-corrected chi connectivity index (χ0v) is 16.3. The second-order valence-electron chi connectivity index (χ2n) is 6.64. The Balaban J connectivity index is 1.88. The molecule has 0 spiro atoms. The molecule has 0 saturated carbocycles. The predicted octanol–water partition coefficient (Wildman–Crippen LogP) is 2.79. The maximum atomic E-state index is 4.68. The SMILES string of the molecule is CCc1nnc(Sc2nnc(C3CCCNC3)n2C(C)C)nc1CC. The molecule has 1 atom stereocenters. The summed E-state index contributed by atoms with van der Waals surface area (Å²) in [4.78, 5) is 4.68. The number of nitrogens with one attached hydrogen (secondary N) is 1. The van der Waals surface area contributed by atoms with E-state index in [1.165, 1.54) is 18.2 Å². The van der Waals surface area contributed by atoms with Crippen LogP contribution in [0.4, 0.5) is 0 Å². The van der Waals surface area contributed by atoms with Crippen molar-refractivity contribution in [3.8, 4) is 0 Å². The van der Waals surface area contributed by atoms with Crippen LogP contribution in [0.15, 0.2) is 10.3 Å². The molecule has 0 bridgehead atoms. The van der Waals surface area contributed by atoms with Crippen molar-refractivity contribution in [3.63, 3.8) is 0 Å². The summed E-state index contributed by atoms with van der Waals surface area (Å²) in [5, 5.41) is 22.5. The van der Waals surface area contributed by atoms with Crippen molar-refractivity contribution in [2.24, 2.45) is 0 Å². The average molecular weight is 362 g/mol. The maximum absolute atomic E-state index is 4.68. The Labute approximate surface area is 153 Å². The van der Waals surface area contributed by atoms with Crippen LogP contribution >= 0.6 is 11.8 Å². The summed E-state index contributed by atoms with van der Waals surface area (Å²) in [6.45, 7) is 10.6. The monoisotopic (exact) mass is 361 g/mol. The largest absolute Gasteiger partial charge is 0.316 e. The van der Waals surface area contributed by atoms with Gasteiger partial charge in [-0.25, -0.2) is 4.98 Å². The molecule has 3 rings (SSSR count). The van der Waals surface area contributed by atoms with Gasteiger partial charge in [-0.2, -0.15) is 5.10 Å². The minimum atomic E-state index is 0.294. The number of piperidine rings is 1. The molecule has 1 aliphatic rings. The molecular weight excluding hydrogens is 334 g/mol. The molecule has 136 valence electrons. The summed E-state index contributed by atoms with van der Waals surface area (Å²) in [5.41, 5.74) is 2.00. The first-order valence-corrected chi connectivity index (χ1v) is 10.0. The first-order chi connectivity index (χ1) is 12.1. The van der Waals surface area contributed by atoms with Crippen LogP contribution in [0.25, 0.3) is 0 Å². The smallest absolute Gasteiger partial charge is 0.217 e. The third-order valence-corrected chi connectivity index (χ3v) is 5.36. The summed E-state index contributed by atoms with van der Waals surface area (Å²) in [7, 11) is 0. The normalized spacial score (nSPS) is 18.0. The van der Waals surface area contributed by atoms with Crippen LogP contribution < -0.4 is 5.32 Å². The quantitative estimate of drug-likeness (QED) is 0.847. The molecule has 2 aromatic heterocycles. The topological polar surface area (TPSA) is 81.4 Å². The highest BCUT2D eigenvalue weighted by molar-refractivity contribution is 7.99. The Kier molecular flexibility index (Phi) is 6.01. The lowest BCUT2D eigenvalue weighted by molar-refractivity contribution is 0.414. The maximum Gasteiger partial charge on any atom is 0.217 e. The minimum absolute atomic E-state index is 0.294. The van der Waals surface area contributed by atoms with Gasteiger partial charge >= 0.3 is 0 Å². The number of rotatable bonds is 6. The molecule has 8 heteroatoms. The van der Waals surface area contributed by atoms with Gasteiger partial charge in [-0.15, -0.1) is 15.3 Å². The Morgan fingerprint density at radius 1 is 1.12 bits per heavy atom. The van der Waals surface area contributed by atoms with E-state index in [0.717, 1.165) is 54.7 Å².